The van der Waals surface area contributed by atoms with Crippen LogP contribution in [0.25, 0.3) is 0 Å². The van der Waals surface area contributed by atoms with Crippen molar-refractivity contribution in [2.45, 2.75) is 25.3 Å². The topological polar surface area (TPSA) is 33.1 Å². The van der Waals surface area contributed by atoms with Gasteiger partial charge in [0.15, 0.2) is 0 Å². The average molecular weight is 222 g/mol. The fourth-order valence-corrected chi connectivity index (χ4v) is 2.26. The lowest BCUT2D eigenvalue weighted by molar-refractivity contribution is 0.235. The van der Waals surface area contributed by atoms with Gasteiger partial charge < -0.3 is 10.2 Å². The highest BCUT2D eigenvalue weighted by atomic mass is 15.3. The molecule has 0 aromatic carbocycles. The second kappa shape index (κ2) is 5.46. The van der Waals surface area contributed by atoms with Crippen molar-refractivity contribution < 1.29 is 0 Å². The van der Waals surface area contributed by atoms with Crippen LogP contribution in [0.15, 0.2) is 12.3 Å². The molecule has 0 atom stereocenters. The molecule has 0 bridgehead atoms. The minimum atomic E-state index is 0.712. The quantitative estimate of drug-likeness (QED) is 0.812. The van der Waals surface area contributed by atoms with Gasteiger partial charge >= 0.3 is 0 Å². The number of piperidine rings is 1. The smallest absolute Gasteiger partial charge is 0.0492 e. The normalized spacial score (nSPS) is 19.1. The summed E-state index contributed by atoms with van der Waals surface area (Å²) in [6, 6.07) is 2.81. The van der Waals surface area contributed by atoms with Crippen LogP contribution in [0.2, 0.25) is 0 Å². The largest absolute Gasteiger partial charge is 0.313 e. The number of hydrogen-bond acceptors (Lipinski definition) is 3. The van der Waals surface area contributed by atoms with Gasteiger partial charge in [-0.25, -0.2) is 0 Å². The highest BCUT2D eigenvalue weighted by molar-refractivity contribution is 5.00. The van der Waals surface area contributed by atoms with Gasteiger partial charge in [0.05, 0.1) is 0 Å². The predicted octanol–water partition coefficient (Wildman–Crippen LogP) is 0.646. The molecule has 4 nitrogen and oxygen atoms in total. The molecule has 1 N–H and O–H groups in total. The number of likely N-dealkylation sites (tertiary alicyclic amines) is 1. The fourth-order valence-electron chi connectivity index (χ4n) is 2.26. The van der Waals surface area contributed by atoms with Crippen molar-refractivity contribution in [3.63, 3.8) is 0 Å². The number of aromatic nitrogens is 2. The molecule has 0 unspecified atom stereocenters. The lowest BCUT2D eigenvalue weighted by Gasteiger charge is -2.29. The summed E-state index contributed by atoms with van der Waals surface area (Å²) < 4.78 is 1.95. The summed E-state index contributed by atoms with van der Waals surface area (Å²) in [5, 5.41) is 7.81. The van der Waals surface area contributed by atoms with Crippen molar-refractivity contribution >= 4 is 0 Å². The lowest BCUT2D eigenvalue weighted by Crippen LogP contribution is -2.41. The standard InChI is InChI=1S/C12H22N4/c1-15-9-5-11(6-10-15)13-7-3-12-4-8-14-16(12)2/h4,8,11,13H,3,5-7,9-10H2,1-2H3. The van der Waals surface area contributed by atoms with Gasteiger partial charge in [0.1, 0.15) is 0 Å². The van der Waals surface area contributed by atoms with Crippen molar-refractivity contribution in [3.05, 3.63) is 18.0 Å². The second-order valence-electron chi connectivity index (χ2n) is 4.73. The van der Waals surface area contributed by atoms with Gasteiger partial charge in [-0.15, -0.1) is 0 Å². The van der Waals surface area contributed by atoms with E-state index in [0.717, 1.165) is 13.0 Å². The summed E-state index contributed by atoms with van der Waals surface area (Å²) in [5.74, 6) is 0. The monoisotopic (exact) mass is 222 g/mol. The van der Waals surface area contributed by atoms with E-state index in [1.54, 1.807) is 0 Å². The Kier molecular flexibility index (Phi) is 3.96. The number of aryl methyl sites for hydroxylation is 1. The first-order valence-electron chi connectivity index (χ1n) is 6.14. The van der Waals surface area contributed by atoms with E-state index in [4.69, 9.17) is 0 Å². The summed E-state index contributed by atoms with van der Waals surface area (Å²) in [7, 11) is 4.21. The minimum absolute atomic E-state index is 0.712. The van der Waals surface area contributed by atoms with Crippen LogP contribution in [0.1, 0.15) is 18.5 Å². The maximum Gasteiger partial charge on any atom is 0.0492 e. The molecule has 0 aliphatic carbocycles. The van der Waals surface area contributed by atoms with E-state index in [1.807, 2.05) is 17.9 Å². The van der Waals surface area contributed by atoms with Crippen LogP contribution in [0.3, 0.4) is 0 Å². The summed E-state index contributed by atoms with van der Waals surface area (Å²) >= 11 is 0. The minimum Gasteiger partial charge on any atom is -0.313 e. The van der Waals surface area contributed by atoms with Gasteiger partial charge in [0, 0.05) is 37.9 Å². The van der Waals surface area contributed by atoms with E-state index < -0.39 is 0 Å². The number of nitrogens with one attached hydrogen (secondary N) is 1. The summed E-state index contributed by atoms with van der Waals surface area (Å²) in [4.78, 5) is 2.40. The molecule has 0 spiro atoms. The summed E-state index contributed by atoms with van der Waals surface area (Å²) in [6.07, 6.45) is 5.50. The maximum absolute atomic E-state index is 4.17. The zero-order chi connectivity index (χ0) is 11.4. The Morgan fingerprint density at radius 2 is 2.12 bits per heavy atom. The molecule has 1 fully saturated rings. The molecule has 1 aliphatic rings. The van der Waals surface area contributed by atoms with Crippen LogP contribution < -0.4 is 5.32 Å². The molecule has 0 amide bonds. The third kappa shape index (κ3) is 3.06. The van der Waals surface area contributed by atoms with Gasteiger partial charge in [-0.3, -0.25) is 4.68 Å². The van der Waals surface area contributed by atoms with Gasteiger partial charge in [-0.05, 0) is 39.0 Å². The molecule has 1 aromatic heterocycles. The highest BCUT2D eigenvalue weighted by Gasteiger charge is 2.15. The lowest BCUT2D eigenvalue weighted by atomic mass is 10.1. The maximum atomic E-state index is 4.17. The Balaban J connectivity index is 1.67. The summed E-state index contributed by atoms with van der Waals surface area (Å²) in [6.45, 7) is 3.51. The van der Waals surface area contributed by atoms with E-state index in [9.17, 15) is 0 Å². The van der Waals surface area contributed by atoms with E-state index >= 15 is 0 Å². The first kappa shape index (κ1) is 11.6. The zero-order valence-corrected chi connectivity index (χ0v) is 10.3. The molecule has 1 aromatic rings. The van der Waals surface area contributed by atoms with E-state index in [1.165, 1.54) is 31.6 Å². The molecular weight excluding hydrogens is 200 g/mol. The molecule has 90 valence electrons. The van der Waals surface area contributed by atoms with Crippen molar-refractivity contribution in [2.75, 3.05) is 26.7 Å². The van der Waals surface area contributed by atoms with Gasteiger partial charge in [0.25, 0.3) is 0 Å². The molecular formula is C12H22N4. The molecule has 2 heterocycles. The second-order valence-corrected chi connectivity index (χ2v) is 4.73. The van der Waals surface area contributed by atoms with Crippen molar-refractivity contribution in [1.29, 1.82) is 0 Å². The van der Waals surface area contributed by atoms with Crippen LogP contribution in [0.4, 0.5) is 0 Å². The number of nitrogens with zero attached hydrogens (tertiary/aromatic N) is 3. The Morgan fingerprint density at radius 3 is 2.75 bits per heavy atom. The molecule has 16 heavy (non-hydrogen) atoms. The van der Waals surface area contributed by atoms with Gasteiger partial charge in [0.2, 0.25) is 0 Å². The molecule has 2 rings (SSSR count). The van der Waals surface area contributed by atoms with Crippen LogP contribution in [-0.4, -0.2) is 47.4 Å². The Morgan fingerprint density at radius 1 is 1.38 bits per heavy atom. The highest BCUT2D eigenvalue weighted by Crippen LogP contribution is 2.08. The summed E-state index contributed by atoms with van der Waals surface area (Å²) in [5.41, 5.74) is 1.31. The van der Waals surface area contributed by atoms with Crippen LogP contribution in [0.5, 0.6) is 0 Å². The van der Waals surface area contributed by atoms with Crippen LogP contribution in [0, 0.1) is 0 Å². The third-order valence-corrected chi connectivity index (χ3v) is 3.46. The van der Waals surface area contributed by atoms with Crippen molar-refractivity contribution in [3.8, 4) is 0 Å². The third-order valence-electron chi connectivity index (χ3n) is 3.46. The van der Waals surface area contributed by atoms with E-state index in [-0.39, 0.29) is 0 Å². The van der Waals surface area contributed by atoms with Crippen molar-refractivity contribution in [1.82, 2.24) is 20.0 Å². The molecule has 0 radical (unpaired) electrons. The van der Waals surface area contributed by atoms with Gasteiger partial charge in [-0.1, -0.05) is 0 Å². The van der Waals surface area contributed by atoms with Crippen LogP contribution in [-0.2, 0) is 13.5 Å². The molecule has 4 heteroatoms. The van der Waals surface area contributed by atoms with Crippen molar-refractivity contribution in [2.24, 2.45) is 7.05 Å². The molecule has 1 saturated heterocycles. The molecule has 1 aliphatic heterocycles. The number of hydrogen-bond donors (Lipinski definition) is 1. The Bertz CT molecular complexity index is 313. The molecule has 0 saturated carbocycles. The first-order chi connectivity index (χ1) is 7.75. The SMILES string of the molecule is CN1CCC(NCCc2ccnn2C)CC1. The Hall–Kier alpha value is -0.870. The zero-order valence-electron chi connectivity index (χ0n) is 10.3. The predicted molar refractivity (Wildman–Crippen MR) is 65.4 cm³/mol. The van der Waals surface area contributed by atoms with Crippen LogP contribution >= 0.6 is 0 Å². The van der Waals surface area contributed by atoms with Gasteiger partial charge in [-0.2, -0.15) is 5.10 Å². The average Bonchev–Trinajstić information content (AvgIpc) is 2.68. The Labute approximate surface area is 97.6 Å². The first-order valence-corrected chi connectivity index (χ1v) is 6.14. The number of rotatable bonds is 4. The fraction of sp³-hybridized carbons (Fsp3) is 0.750. The van der Waals surface area contributed by atoms with E-state index in [2.05, 4.69) is 28.4 Å². The van der Waals surface area contributed by atoms with E-state index in [0.29, 0.717) is 6.04 Å².